The summed E-state index contributed by atoms with van der Waals surface area (Å²) < 4.78 is 36.0. The van der Waals surface area contributed by atoms with Crippen LogP contribution in [-0.4, -0.2) is 65.2 Å². The van der Waals surface area contributed by atoms with Crippen molar-refractivity contribution in [1.29, 1.82) is 0 Å². The Morgan fingerprint density at radius 3 is 2.23 bits per heavy atom. The van der Waals surface area contributed by atoms with Crippen LogP contribution in [0, 0.1) is 0 Å². The first-order valence-corrected chi connectivity index (χ1v) is 11.7. The van der Waals surface area contributed by atoms with Crippen molar-refractivity contribution in [2.45, 2.75) is 28.8 Å². The molecule has 0 radical (unpaired) electrons. The number of nitrogens with two attached hydrogens (primary N) is 1. The maximum absolute atomic E-state index is 12.8. The van der Waals surface area contributed by atoms with Crippen LogP contribution >= 0.6 is 0 Å². The van der Waals surface area contributed by atoms with Crippen LogP contribution in [0.15, 0.2) is 58.3 Å². The summed E-state index contributed by atoms with van der Waals surface area (Å²) in [6.45, 7) is 4.31. The number of rotatable bonds is 10. The Hall–Kier alpha value is -2.46. The van der Waals surface area contributed by atoms with Gasteiger partial charge in [-0.3, -0.25) is 9.69 Å². The molecule has 1 heterocycles. The molecule has 3 rings (SSSR count). The first kappa shape index (κ1) is 23.2. The molecule has 9 heteroatoms. The Morgan fingerprint density at radius 1 is 1.10 bits per heavy atom. The summed E-state index contributed by atoms with van der Waals surface area (Å²) in [7, 11) is -2.08. The number of nitrogens with zero attached hydrogens (tertiary/aromatic N) is 1. The quantitative estimate of drug-likeness (QED) is 0.563. The molecule has 0 aromatic heterocycles. The average Bonchev–Trinajstić information content (AvgIpc) is 2.80. The Balaban J connectivity index is 1.58. The minimum absolute atomic E-state index is 0.205. The van der Waals surface area contributed by atoms with E-state index in [1.807, 2.05) is 0 Å². The van der Waals surface area contributed by atoms with Gasteiger partial charge in [0.1, 0.15) is 5.75 Å². The molecule has 0 spiro atoms. The third-order valence-corrected chi connectivity index (χ3v) is 7.12. The zero-order chi connectivity index (χ0) is 22.3. The van der Waals surface area contributed by atoms with E-state index in [4.69, 9.17) is 15.2 Å². The topological polar surface area (TPSA) is 111 Å². The lowest BCUT2D eigenvalue weighted by Crippen LogP contribution is -2.45. The van der Waals surface area contributed by atoms with Gasteiger partial charge < -0.3 is 20.5 Å². The van der Waals surface area contributed by atoms with Crippen LogP contribution in [0.1, 0.15) is 12.0 Å². The number of morpholine rings is 1. The predicted molar refractivity (Wildman–Crippen MR) is 117 cm³/mol. The second-order valence-corrected chi connectivity index (χ2v) is 9.35. The highest BCUT2D eigenvalue weighted by Gasteiger charge is 2.19. The molecule has 1 atom stereocenters. The van der Waals surface area contributed by atoms with Gasteiger partial charge in [-0.15, -0.1) is 0 Å². The number of primary amides is 1. The third kappa shape index (κ3) is 6.27. The Labute approximate surface area is 183 Å². The van der Waals surface area contributed by atoms with E-state index in [0.717, 1.165) is 25.2 Å². The number of hydrogen-bond acceptors (Lipinski definition) is 7. The maximum Gasteiger partial charge on any atom is 0.234 e. The highest BCUT2D eigenvalue weighted by Crippen LogP contribution is 2.23. The smallest absolute Gasteiger partial charge is 0.234 e. The summed E-state index contributed by atoms with van der Waals surface area (Å²) in [5.74, 6) is 0.199. The zero-order valence-electron chi connectivity index (χ0n) is 17.6. The second kappa shape index (κ2) is 10.7. The molecule has 0 saturated carbocycles. The number of nitrogens with one attached hydrogen (secondary N) is 1. The summed E-state index contributed by atoms with van der Waals surface area (Å²) in [5, 5.41) is 3.18. The molecular weight excluding hydrogens is 418 g/mol. The molecule has 0 bridgehead atoms. The van der Waals surface area contributed by atoms with Crippen LogP contribution in [0.3, 0.4) is 0 Å². The predicted octanol–water partition coefficient (Wildman–Crippen LogP) is 1.19. The number of sulfone groups is 1. The summed E-state index contributed by atoms with van der Waals surface area (Å²) in [5.41, 5.74) is 6.42. The number of hydrogen-bond donors (Lipinski definition) is 2. The van der Waals surface area contributed by atoms with Gasteiger partial charge in [0.2, 0.25) is 15.7 Å². The van der Waals surface area contributed by atoms with Crippen LogP contribution in [0.4, 0.5) is 0 Å². The second-order valence-electron chi connectivity index (χ2n) is 7.40. The summed E-state index contributed by atoms with van der Waals surface area (Å²) in [6.07, 6.45) is 0.610. The molecule has 3 N–H and O–H groups in total. The van der Waals surface area contributed by atoms with Gasteiger partial charge in [0, 0.05) is 26.2 Å². The molecule has 1 unspecified atom stereocenters. The van der Waals surface area contributed by atoms with Crippen molar-refractivity contribution in [3.05, 3.63) is 54.1 Å². The maximum atomic E-state index is 12.8. The van der Waals surface area contributed by atoms with Crippen LogP contribution in [0.5, 0.6) is 5.75 Å². The minimum Gasteiger partial charge on any atom is -0.497 e. The fraction of sp³-hybridized carbons (Fsp3) is 0.409. The molecule has 1 saturated heterocycles. The first-order valence-electron chi connectivity index (χ1n) is 10.2. The zero-order valence-corrected chi connectivity index (χ0v) is 18.4. The largest absolute Gasteiger partial charge is 0.497 e. The van der Waals surface area contributed by atoms with E-state index in [0.29, 0.717) is 31.9 Å². The Morgan fingerprint density at radius 2 is 1.68 bits per heavy atom. The van der Waals surface area contributed by atoms with Crippen molar-refractivity contribution >= 4 is 15.7 Å². The van der Waals surface area contributed by atoms with Crippen molar-refractivity contribution in [1.82, 2.24) is 10.2 Å². The fourth-order valence-electron chi connectivity index (χ4n) is 3.40. The standard InChI is InChI=1S/C22H29N3O5S/c1-29-18-4-8-20(9-5-18)31(27,28)19-6-2-17(3-7-19)16-24-21(22(23)26)10-11-25-12-14-30-15-13-25/h2-9,21,24H,10-16H2,1H3,(H2,23,26). The van der Waals surface area contributed by atoms with Gasteiger partial charge in [0.05, 0.1) is 36.2 Å². The minimum atomic E-state index is -3.61. The molecule has 8 nitrogen and oxygen atoms in total. The van der Waals surface area contributed by atoms with Gasteiger partial charge in [-0.1, -0.05) is 12.1 Å². The molecular formula is C22H29N3O5S. The molecule has 1 aliphatic heterocycles. The fourth-order valence-corrected chi connectivity index (χ4v) is 4.66. The van der Waals surface area contributed by atoms with E-state index in [1.54, 1.807) is 36.4 Å². The van der Waals surface area contributed by atoms with Crippen molar-refractivity contribution < 1.29 is 22.7 Å². The lowest BCUT2D eigenvalue weighted by atomic mass is 10.1. The molecule has 1 aliphatic rings. The van der Waals surface area contributed by atoms with E-state index >= 15 is 0 Å². The van der Waals surface area contributed by atoms with Gasteiger partial charge in [0.15, 0.2) is 0 Å². The summed E-state index contributed by atoms with van der Waals surface area (Å²) in [6, 6.07) is 12.5. The van der Waals surface area contributed by atoms with Crippen molar-refractivity contribution in [2.24, 2.45) is 5.73 Å². The molecule has 168 valence electrons. The normalized spacial score (nSPS) is 16.0. The number of carbonyl (C=O) groups excluding carboxylic acids is 1. The SMILES string of the molecule is COc1ccc(S(=O)(=O)c2ccc(CNC(CCN3CCOCC3)C(N)=O)cc2)cc1. The lowest BCUT2D eigenvalue weighted by molar-refractivity contribution is -0.120. The summed E-state index contributed by atoms with van der Waals surface area (Å²) in [4.78, 5) is 14.5. The van der Waals surface area contributed by atoms with E-state index in [-0.39, 0.29) is 9.79 Å². The average molecular weight is 448 g/mol. The summed E-state index contributed by atoms with van der Waals surface area (Å²) >= 11 is 0. The van der Waals surface area contributed by atoms with Crippen molar-refractivity contribution in [2.75, 3.05) is 40.0 Å². The van der Waals surface area contributed by atoms with Gasteiger partial charge in [-0.05, 0) is 48.4 Å². The number of methoxy groups -OCH3 is 1. The van der Waals surface area contributed by atoms with Crippen LogP contribution < -0.4 is 15.8 Å². The van der Waals surface area contributed by atoms with Crippen LogP contribution in [-0.2, 0) is 25.9 Å². The van der Waals surface area contributed by atoms with Gasteiger partial charge in [0.25, 0.3) is 0 Å². The van der Waals surface area contributed by atoms with Crippen molar-refractivity contribution in [3.63, 3.8) is 0 Å². The molecule has 0 aliphatic carbocycles. The Kier molecular flexibility index (Phi) is 8.03. The van der Waals surface area contributed by atoms with E-state index in [2.05, 4.69) is 10.2 Å². The monoisotopic (exact) mass is 447 g/mol. The number of benzene rings is 2. The molecule has 31 heavy (non-hydrogen) atoms. The molecule has 2 aromatic rings. The number of carbonyl (C=O) groups is 1. The number of ether oxygens (including phenoxy) is 2. The van der Waals surface area contributed by atoms with Gasteiger partial charge in [-0.2, -0.15) is 0 Å². The van der Waals surface area contributed by atoms with E-state index < -0.39 is 21.8 Å². The highest BCUT2D eigenvalue weighted by molar-refractivity contribution is 7.91. The van der Waals surface area contributed by atoms with E-state index in [9.17, 15) is 13.2 Å². The van der Waals surface area contributed by atoms with Gasteiger partial charge in [-0.25, -0.2) is 8.42 Å². The van der Waals surface area contributed by atoms with E-state index in [1.165, 1.54) is 19.2 Å². The lowest BCUT2D eigenvalue weighted by Gasteiger charge is -2.28. The first-order chi connectivity index (χ1) is 14.9. The van der Waals surface area contributed by atoms with Gasteiger partial charge >= 0.3 is 0 Å². The molecule has 1 amide bonds. The van der Waals surface area contributed by atoms with Crippen molar-refractivity contribution in [3.8, 4) is 5.75 Å². The highest BCUT2D eigenvalue weighted by atomic mass is 32.2. The van der Waals surface area contributed by atoms with Crippen LogP contribution in [0.2, 0.25) is 0 Å². The Bertz CT molecular complexity index is 956. The van der Waals surface area contributed by atoms with Crippen LogP contribution in [0.25, 0.3) is 0 Å². The molecule has 1 fully saturated rings. The number of amides is 1. The third-order valence-electron chi connectivity index (χ3n) is 5.34. The molecule has 2 aromatic carbocycles.